The van der Waals surface area contributed by atoms with Gasteiger partial charge in [-0.2, -0.15) is 0 Å². The molecule has 0 saturated carbocycles. The smallest absolute Gasteiger partial charge is 0.119 e. The van der Waals surface area contributed by atoms with Gasteiger partial charge >= 0.3 is 0 Å². The molecule has 2 unspecified atom stereocenters. The molecule has 0 radical (unpaired) electrons. The van der Waals surface area contributed by atoms with Gasteiger partial charge in [-0.1, -0.05) is 32.4 Å². The van der Waals surface area contributed by atoms with Crippen molar-refractivity contribution in [3.8, 4) is 5.75 Å². The summed E-state index contributed by atoms with van der Waals surface area (Å²) in [6, 6.07) is 8.89. The first-order valence-corrected chi connectivity index (χ1v) is 7.10. The Morgan fingerprint density at radius 2 is 2.00 bits per heavy atom. The van der Waals surface area contributed by atoms with Crippen LogP contribution in [0.1, 0.15) is 46.1 Å². The summed E-state index contributed by atoms with van der Waals surface area (Å²) >= 11 is 0. The van der Waals surface area contributed by atoms with Crippen LogP contribution >= 0.6 is 0 Å². The molecule has 1 aromatic carbocycles. The Balaban J connectivity index is 2.40. The Hall–Kier alpha value is -1.02. The van der Waals surface area contributed by atoms with Crippen LogP contribution in [0.2, 0.25) is 0 Å². The molecule has 1 aromatic rings. The molecular formula is C16H27NO. The molecule has 0 fully saturated rings. The van der Waals surface area contributed by atoms with Crippen molar-refractivity contribution in [2.75, 3.05) is 6.61 Å². The summed E-state index contributed by atoms with van der Waals surface area (Å²) < 4.78 is 5.51. The maximum absolute atomic E-state index is 5.51. The van der Waals surface area contributed by atoms with Crippen molar-refractivity contribution in [3.63, 3.8) is 0 Å². The monoisotopic (exact) mass is 249 g/mol. The van der Waals surface area contributed by atoms with Gasteiger partial charge in [0.15, 0.2) is 0 Å². The molecule has 0 aliphatic rings. The van der Waals surface area contributed by atoms with Gasteiger partial charge in [0.2, 0.25) is 0 Å². The van der Waals surface area contributed by atoms with Crippen LogP contribution in [-0.4, -0.2) is 12.6 Å². The van der Waals surface area contributed by atoms with Crippen molar-refractivity contribution in [3.05, 3.63) is 29.8 Å². The summed E-state index contributed by atoms with van der Waals surface area (Å²) in [7, 11) is 0. The van der Waals surface area contributed by atoms with Gasteiger partial charge < -0.3 is 10.1 Å². The molecule has 1 N–H and O–H groups in total. The maximum Gasteiger partial charge on any atom is 0.119 e. The molecule has 0 heterocycles. The van der Waals surface area contributed by atoms with Gasteiger partial charge in [-0.25, -0.2) is 0 Å². The van der Waals surface area contributed by atoms with Gasteiger partial charge in [-0.3, -0.25) is 0 Å². The highest BCUT2D eigenvalue weighted by atomic mass is 16.5. The highest BCUT2D eigenvalue weighted by molar-refractivity contribution is 5.28. The molecule has 0 amide bonds. The van der Waals surface area contributed by atoms with E-state index in [9.17, 15) is 0 Å². The van der Waals surface area contributed by atoms with Crippen molar-refractivity contribution in [1.82, 2.24) is 5.32 Å². The summed E-state index contributed by atoms with van der Waals surface area (Å²) in [5.74, 6) is 1.76. The van der Waals surface area contributed by atoms with Crippen LogP contribution in [0.4, 0.5) is 0 Å². The summed E-state index contributed by atoms with van der Waals surface area (Å²) in [6.45, 7) is 10.5. The normalized spacial score (nSPS) is 14.2. The minimum Gasteiger partial charge on any atom is -0.494 e. The molecule has 0 saturated heterocycles. The Bertz CT molecular complexity index is 338. The average molecular weight is 249 g/mol. The summed E-state index contributed by atoms with van der Waals surface area (Å²) in [5.41, 5.74) is 1.29. The van der Waals surface area contributed by atoms with E-state index in [1.807, 2.05) is 13.0 Å². The quantitative estimate of drug-likeness (QED) is 0.752. The lowest BCUT2D eigenvalue weighted by atomic mass is 10.0. The average Bonchev–Trinajstić information content (AvgIpc) is 2.37. The van der Waals surface area contributed by atoms with E-state index in [0.717, 1.165) is 24.8 Å². The second kappa shape index (κ2) is 8.15. The minimum absolute atomic E-state index is 0.565. The Morgan fingerprint density at radius 3 is 2.67 bits per heavy atom. The first-order chi connectivity index (χ1) is 8.65. The van der Waals surface area contributed by atoms with Crippen molar-refractivity contribution in [2.24, 2.45) is 5.92 Å². The van der Waals surface area contributed by atoms with Crippen LogP contribution in [-0.2, 0) is 6.54 Å². The molecular weight excluding hydrogens is 222 g/mol. The molecule has 2 atom stereocenters. The number of nitrogens with one attached hydrogen (secondary N) is 1. The molecule has 1 rings (SSSR count). The zero-order valence-corrected chi connectivity index (χ0v) is 12.2. The van der Waals surface area contributed by atoms with Crippen LogP contribution < -0.4 is 10.1 Å². The first-order valence-electron chi connectivity index (χ1n) is 7.10. The first kappa shape index (κ1) is 15.0. The molecule has 2 nitrogen and oxygen atoms in total. The second-order valence-corrected chi connectivity index (χ2v) is 5.11. The third kappa shape index (κ3) is 5.54. The molecule has 0 aromatic heterocycles. The molecule has 0 aliphatic carbocycles. The molecule has 0 aliphatic heterocycles. The molecule has 18 heavy (non-hydrogen) atoms. The van der Waals surface area contributed by atoms with Crippen molar-refractivity contribution >= 4 is 0 Å². The van der Waals surface area contributed by atoms with Crippen LogP contribution in [0.15, 0.2) is 24.3 Å². The topological polar surface area (TPSA) is 21.3 Å². The molecule has 0 spiro atoms. The van der Waals surface area contributed by atoms with Crippen LogP contribution in [0.3, 0.4) is 0 Å². The van der Waals surface area contributed by atoms with Crippen LogP contribution in [0.25, 0.3) is 0 Å². The number of rotatable bonds is 8. The zero-order chi connectivity index (χ0) is 13.4. The van der Waals surface area contributed by atoms with Gasteiger partial charge in [0.1, 0.15) is 5.75 Å². The van der Waals surface area contributed by atoms with Crippen LogP contribution in [0.5, 0.6) is 5.75 Å². The maximum atomic E-state index is 5.51. The lowest BCUT2D eigenvalue weighted by Gasteiger charge is -2.17. The lowest BCUT2D eigenvalue weighted by molar-refractivity contribution is 0.339. The van der Waals surface area contributed by atoms with E-state index in [0.29, 0.717) is 6.04 Å². The van der Waals surface area contributed by atoms with Crippen molar-refractivity contribution in [1.29, 1.82) is 0 Å². The summed E-state index contributed by atoms with van der Waals surface area (Å²) in [6.07, 6.45) is 2.49. The minimum atomic E-state index is 0.565. The van der Waals surface area contributed by atoms with Crippen LogP contribution in [0, 0.1) is 5.92 Å². The van der Waals surface area contributed by atoms with E-state index in [4.69, 9.17) is 4.74 Å². The number of hydrogen-bond donors (Lipinski definition) is 1. The lowest BCUT2D eigenvalue weighted by Crippen LogP contribution is -2.27. The number of ether oxygens (including phenoxy) is 1. The van der Waals surface area contributed by atoms with Gasteiger partial charge in [0.25, 0.3) is 0 Å². The van der Waals surface area contributed by atoms with E-state index in [1.54, 1.807) is 0 Å². The Labute approximate surface area is 112 Å². The van der Waals surface area contributed by atoms with E-state index in [-0.39, 0.29) is 0 Å². The fourth-order valence-electron chi connectivity index (χ4n) is 2.06. The van der Waals surface area contributed by atoms with Gasteiger partial charge in [0.05, 0.1) is 6.61 Å². The second-order valence-electron chi connectivity index (χ2n) is 5.11. The fourth-order valence-corrected chi connectivity index (χ4v) is 2.06. The zero-order valence-electron chi connectivity index (χ0n) is 12.2. The molecule has 0 bridgehead atoms. The SMILES string of the molecule is CCOc1cccc(CNC(C)CC(C)CC)c1. The van der Waals surface area contributed by atoms with E-state index >= 15 is 0 Å². The van der Waals surface area contributed by atoms with Gasteiger partial charge in [0, 0.05) is 12.6 Å². The standard InChI is InChI=1S/C16H27NO/c1-5-13(3)10-14(4)17-12-15-8-7-9-16(11-15)18-6-2/h7-9,11,13-14,17H,5-6,10,12H2,1-4H3. The Morgan fingerprint density at radius 1 is 1.22 bits per heavy atom. The Kier molecular flexibility index (Phi) is 6.81. The predicted octanol–water partition coefficient (Wildman–Crippen LogP) is 4.00. The third-order valence-corrected chi connectivity index (χ3v) is 3.32. The summed E-state index contributed by atoms with van der Waals surface area (Å²) in [4.78, 5) is 0. The van der Waals surface area contributed by atoms with Gasteiger partial charge in [-0.15, -0.1) is 0 Å². The van der Waals surface area contributed by atoms with E-state index < -0.39 is 0 Å². The largest absolute Gasteiger partial charge is 0.494 e. The summed E-state index contributed by atoms with van der Waals surface area (Å²) in [5, 5.41) is 3.58. The van der Waals surface area contributed by atoms with E-state index in [1.165, 1.54) is 18.4 Å². The molecule has 102 valence electrons. The van der Waals surface area contributed by atoms with E-state index in [2.05, 4.69) is 44.3 Å². The fraction of sp³-hybridized carbons (Fsp3) is 0.625. The van der Waals surface area contributed by atoms with Crippen molar-refractivity contribution < 1.29 is 4.74 Å². The predicted molar refractivity (Wildman–Crippen MR) is 78.0 cm³/mol. The number of benzene rings is 1. The highest BCUT2D eigenvalue weighted by Crippen LogP contribution is 2.14. The van der Waals surface area contributed by atoms with Crippen molar-refractivity contribution in [2.45, 2.75) is 53.1 Å². The molecule has 2 heteroatoms. The highest BCUT2D eigenvalue weighted by Gasteiger charge is 2.06. The number of hydrogen-bond acceptors (Lipinski definition) is 2. The van der Waals surface area contributed by atoms with Gasteiger partial charge in [-0.05, 0) is 43.9 Å². The third-order valence-electron chi connectivity index (χ3n) is 3.32.